The molecule has 2 heterocycles. The minimum atomic E-state index is -0.427. The van der Waals surface area contributed by atoms with Gasteiger partial charge < -0.3 is 15.1 Å². The molecule has 1 unspecified atom stereocenters. The SMILES string of the molecule is CNCCC1CCN(C(=O)C2CSCN2C(=O)C(C)(C)C)CC1. The standard InChI is InChI=1S/C17H31N3O2S/c1-17(2,3)16(22)20-12-23-11-14(20)15(21)19-9-6-13(7-10-19)5-8-18-4/h13-14,18H,5-12H2,1-4H3. The van der Waals surface area contributed by atoms with Gasteiger partial charge in [0, 0.05) is 24.3 Å². The number of carbonyl (C=O) groups excluding carboxylic acids is 2. The molecule has 0 bridgehead atoms. The lowest BCUT2D eigenvalue weighted by molar-refractivity contribution is -0.148. The summed E-state index contributed by atoms with van der Waals surface area (Å²) in [6.07, 6.45) is 3.35. The van der Waals surface area contributed by atoms with Gasteiger partial charge in [0.25, 0.3) is 0 Å². The third-order valence-corrected chi connectivity index (χ3v) is 5.81. The normalized spacial score (nSPS) is 23.4. The fourth-order valence-electron chi connectivity index (χ4n) is 3.28. The van der Waals surface area contributed by atoms with Crippen molar-refractivity contribution in [1.29, 1.82) is 0 Å². The van der Waals surface area contributed by atoms with Gasteiger partial charge in [-0.3, -0.25) is 9.59 Å². The quantitative estimate of drug-likeness (QED) is 0.847. The van der Waals surface area contributed by atoms with Crippen LogP contribution in [0.15, 0.2) is 0 Å². The van der Waals surface area contributed by atoms with E-state index in [4.69, 9.17) is 0 Å². The second-order valence-electron chi connectivity index (χ2n) is 7.70. The molecule has 2 saturated heterocycles. The van der Waals surface area contributed by atoms with Crippen molar-refractivity contribution in [2.75, 3.05) is 38.3 Å². The van der Waals surface area contributed by atoms with E-state index >= 15 is 0 Å². The number of nitrogens with one attached hydrogen (secondary N) is 1. The molecule has 0 saturated carbocycles. The van der Waals surface area contributed by atoms with Crippen molar-refractivity contribution in [1.82, 2.24) is 15.1 Å². The zero-order valence-electron chi connectivity index (χ0n) is 14.9. The van der Waals surface area contributed by atoms with Gasteiger partial charge in [-0.25, -0.2) is 0 Å². The van der Waals surface area contributed by atoms with E-state index in [2.05, 4.69) is 5.32 Å². The van der Waals surface area contributed by atoms with Gasteiger partial charge in [-0.2, -0.15) is 0 Å². The Morgan fingerprint density at radius 1 is 1.22 bits per heavy atom. The van der Waals surface area contributed by atoms with E-state index in [1.807, 2.05) is 32.7 Å². The van der Waals surface area contributed by atoms with E-state index in [9.17, 15) is 9.59 Å². The van der Waals surface area contributed by atoms with Crippen molar-refractivity contribution in [3.05, 3.63) is 0 Å². The molecule has 0 aromatic heterocycles. The molecule has 1 atom stereocenters. The minimum Gasteiger partial charge on any atom is -0.341 e. The van der Waals surface area contributed by atoms with Crippen molar-refractivity contribution in [3.63, 3.8) is 0 Å². The summed E-state index contributed by atoms with van der Waals surface area (Å²) in [4.78, 5) is 29.2. The van der Waals surface area contributed by atoms with E-state index < -0.39 is 5.41 Å². The molecule has 2 amide bonds. The molecule has 0 spiro atoms. The topological polar surface area (TPSA) is 52.7 Å². The predicted octanol–water partition coefficient (Wildman–Crippen LogP) is 1.78. The smallest absolute Gasteiger partial charge is 0.246 e. The highest BCUT2D eigenvalue weighted by atomic mass is 32.2. The summed E-state index contributed by atoms with van der Waals surface area (Å²) in [7, 11) is 1.98. The average Bonchev–Trinajstić information content (AvgIpc) is 3.00. The predicted molar refractivity (Wildman–Crippen MR) is 95.3 cm³/mol. The van der Waals surface area contributed by atoms with Gasteiger partial charge in [0.2, 0.25) is 11.8 Å². The molecule has 6 heteroatoms. The third-order valence-electron chi connectivity index (χ3n) is 4.80. The first-order chi connectivity index (χ1) is 10.8. The molecule has 0 aliphatic carbocycles. The molecule has 2 aliphatic rings. The van der Waals surface area contributed by atoms with Gasteiger partial charge in [-0.05, 0) is 38.8 Å². The first kappa shape index (κ1) is 18.6. The molecule has 0 aromatic rings. The Kier molecular flexibility index (Phi) is 6.37. The summed E-state index contributed by atoms with van der Waals surface area (Å²) in [5.41, 5.74) is -0.427. The molecule has 132 valence electrons. The lowest BCUT2D eigenvalue weighted by Crippen LogP contribution is -2.53. The Hall–Kier alpha value is -0.750. The second kappa shape index (κ2) is 7.88. The average molecular weight is 342 g/mol. The maximum atomic E-state index is 12.9. The largest absolute Gasteiger partial charge is 0.341 e. The third kappa shape index (κ3) is 4.63. The Labute approximate surface area is 144 Å². The number of likely N-dealkylation sites (tertiary alicyclic amines) is 1. The van der Waals surface area contributed by atoms with Crippen molar-refractivity contribution in [3.8, 4) is 0 Å². The van der Waals surface area contributed by atoms with E-state index in [1.54, 1.807) is 16.7 Å². The lowest BCUT2D eigenvalue weighted by Gasteiger charge is -2.36. The van der Waals surface area contributed by atoms with Crippen LogP contribution < -0.4 is 5.32 Å². The number of nitrogens with zero attached hydrogens (tertiary/aromatic N) is 2. The van der Waals surface area contributed by atoms with Gasteiger partial charge in [0.05, 0.1) is 5.88 Å². The molecule has 0 aromatic carbocycles. The summed E-state index contributed by atoms with van der Waals surface area (Å²) >= 11 is 1.69. The number of amides is 2. The molecule has 5 nitrogen and oxygen atoms in total. The van der Waals surface area contributed by atoms with Gasteiger partial charge in [-0.1, -0.05) is 20.8 Å². The highest BCUT2D eigenvalue weighted by Crippen LogP contribution is 2.29. The van der Waals surface area contributed by atoms with Crippen LogP contribution in [0.5, 0.6) is 0 Å². The molecule has 2 aliphatic heterocycles. The van der Waals surface area contributed by atoms with Crippen LogP contribution >= 0.6 is 11.8 Å². The van der Waals surface area contributed by atoms with E-state index in [1.165, 1.54) is 6.42 Å². The first-order valence-corrected chi connectivity index (χ1v) is 9.82. The van der Waals surface area contributed by atoms with Crippen LogP contribution in [0.3, 0.4) is 0 Å². The van der Waals surface area contributed by atoms with Crippen molar-refractivity contribution in [2.45, 2.75) is 46.1 Å². The highest BCUT2D eigenvalue weighted by Gasteiger charge is 2.41. The fraction of sp³-hybridized carbons (Fsp3) is 0.882. The van der Waals surface area contributed by atoms with Gasteiger partial charge >= 0.3 is 0 Å². The van der Waals surface area contributed by atoms with Crippen LogP contribution in [0.2, 0.25) is 0 Å². The molecule has 2 fully saturated rings. The van der Waals surface area contributed by atoms with Crippen molar-refractivity contribution < 1.29 is 9.59 Å². The van der Waals surface area contributed by atoms with Gasteiger partial charge in [0.1, 0.15) is 6.04 Å². The fourth-order valence-corrected chi connectivity index (χ4v) is 4.42. The van der Waals surface area contributed by atoms with Crippen molar-refractivity contribution >= 4 is 23.6 Å². The summed E-state index contributed by atoms with van der Waals surface area (Å²) < 4.78 is 0. The summed E-state index contributed by atoms with van der Waals surface area (Å²) in [5, 5.41) is 3.20. The van der Waals surface area contributed by atoms with Crippen LogP contribution in [-0.2, 0) is 9.59 Å². The molecular formula is C17H31N3O2S. The lowest BCUT2D eigenvalue weighted by atomic mass is 9.92. The van der Waals surface area contributed by atoms with Crippen LogP contribution in [0, 0.1) is 11.3 Å². The Balaban J connectivity index is 1.91. The van der Waals surface area contributed by atoms with Crippen LogP contribution in [-0.4, -0.2) is 66.0 Å². The first-order valence-electron chi connectivity index (χ1n) is 8.66. The summed E-state index contributed by atoms with van der Waals surface area (Å²) in [6.45, 7) is 8.50. The number of hydrogen-bond donors (Lipinski definition) is 1. The van der Waals surface area contributed by atoms with E-state index in [0.29, 0.717) is 5.88 Å². The number of thioether (sulfide) groups is 1. The monoisotopic (exact) mass is 341 g/mol. The van der Waals surface area contributed by atoms with Crippen LogP contribution in [0.25, 0.3) is 0 Å². The van der Waals surface area contributed by atoms with Crippen LogP contribution in [0.1, 0.15) is 40.0 Å². The zero-order chi connectivity index (χ0) is 17.0. The molecule has 0 radical (unpaired) electrons. The Bertz CT molecular complexity index is 428. The van der Waals surface area contributed by atoms with E-state index in [0.717, 1.165) is 44.1 Å². The van der Waals surface area contributed by atoms with E-state index in [-0.39, 0.29) is 17.9 Å². The Morgan fingerprint density at radius 3 is 2.43 bits per heavy atom. The van der Waals surface area contributed by atoms with Crippen LogP contribution in [0.4, 0.5) is 0 Å². The number of hydrogen-bond acceptors (Lipinski definition) is 4. The molecule has 1 N–H and O–H groups in total. The summed E-state index contributed by atoms with van der Waals surface area (Å²) in [6, 6.07) is -0.263. The second-order valence-corrected chi connectivity index (χ2v) is 8.70. The maximum Gasteiger partial charge on any atom is 0.246 e. The molecular weight excluding hydrogens is 310 g/mol. The zero-order valence-corrected chi connectivity index (χ0v) is 15.7. The number of piperidine rings is 1. The molecule has 2 rings (SSSR count). The van der Waals surface area contributed by atoms with Gasteiger partial charge in [-0.15, -0.1) is 11.8 Å². The Morgan fingerprint density at radius 2 is 1.87 bits per heavy atom. The number of carbonyl (C=O) groups is 2. The highest BCUT2D eigenvalue weighted by molar-refractivity contribution is 7.99. The summed E-state index contributed by atoms with van der Waals surface area (Å²) in [5.74, 6) is 2.34. The maximum absolute atomic E-state index is 12.9. The van der Waals surface area contributed by atoms with Crippen molar-refractivity contribution in [2.24, 2.45) is 11.3 Å². The minimum absolute atomic E-state index is 0.0877. The van der Waals surface area contributed by atoms with Gasteiger partial charge in [0.15, 0.2) is 0 Å². The number of rotatable bonds is 4. The molecule has 23 heavy (non-hydrogen) atoms.